The maximum absolute atomic E-state index is 14.1. The van der Waals surface area contributed by atoms with E-state index in [9.17, 15) is 33.6 Å². The largest absolute Gasteiger partial charge is 0.445 e. The van der Waals surface area contributed by atoms with Crippen LogP contribution in [0.5, 0.6) is 0 Å². The van der Waals surface area contributed by atoms with Crippen LogP contribution in [-0.2, 0) is 59.6 Å². The van der Waals surface area contributed by atoms with E-state index in [0.717, 1.165) is 11.1 Å². The number of carbonyl (C=O) groups is 7. The fourth-order valence-corrected chi connectivity index (χ4v) is 6.37. The van der Waals surface area contributed by atoms with E-state index in [0.29, 0.717) is 24.0 Å². The molecule has 7 amide bonds. The zero-order valence-electron chi connectivity index (χ0n) is 39.1. The Morgan fingerprint density at radius 3 is 1.52 bits per heavy atom. The third-order valence-electron chi connectivity index (χ3n) is 9.79. The minimum Gasteiger partial charge on any atom is -0.445 e. The fraction of sp³-hybridized carbons (Fsp3) is 0.360. The predicted molar refractivity (Wildman–Crippen MR) is 256 cm³/mol. The highest BCUT2D eigenvalue weighted by atomic mass is 16.6. The number of aliphatic imine (C=N–C) groups is 1. The van der Waals surface area contributed by atoms with Crippen LogP contribution in [0.1, 0.15) is 75.1 Å². The molecule has 19 heteroatoms. The minimum atomic E-state index is -1.27. The molecule has 0 aliphatic heterocycles. The molecule has 4 aromatic carbocycles. The van der Waals surface area contributed by atoms with Crippen molar-refractivity contribution in [3.63, 3.8) is 0 Å². The molecule has 0 saturated carbocycles. The first-order valence-electron chi connectivity index (χ1n) is 22.5. The van der Waals surface area contributed by atoms with Crippen molar-refractivity contribution in [3.05, 3.63) is 144 Å². The number of guanidine groups is 1. The maximum atomic E-state index is 14.1. The number of benzene rings is 4. The smallest absolute Gasteiger partial charge is 0.437 e. The number of nitrogens with zero attached hydrogens (tertiary/aromatic N) is 1. The lowest BCUT2D eigenvalue weighted by molar-refractivity contribution is -0.132. The Morgan fingerprint density at radius 1 is 0.522 bits per heavy atom. The van der Waals surface area contributed by atoms with Crippen molar-refractivity contribution in [2.75, 3.05) is 13.1 Å². The van der Waals surface area contributed by atoms with E-state index in [1.807, 2.05) is 42.5 Å². The molecular formula is C50H62N8O11. The van der Waals surface area contributed by atoms with E-state index >= 15 is 0 Å². The Bertz CT molecular complexity index is 2280. The number of alkyl carbamates (subject to hydrolysis) is 3. The molecule has 4 aromatic rings. The van der Waals surface area contributed by atoms with Crippen LogP contribution in [0.4, 0.5) is 19.2 Å². The normalized spacial score (nSPS) is 12.4. The average Bonchev–Trinajstić information content (AvgIpc) is 3.32. The molecule has 0 bridgehead atoms. The third-order valence-corrected chi connectivity index (χ3v) is 9.79. The summed E-state index contributed by atoms with van der Waals surface area (Å²) in [6, 6.07) is 32.3. The average molecular weight is 951 g/mol. The number of primary amides is 1. The van der Waals surface area contributed by atoms with Gasteiger partial charge in [-0.15, -0.1) is 4.99 Å². The van der Waals surface area contributed by atoms with Gasteiger partial charge in [0, 0.05) is 19.5 Å². The molecule has 69 heavy (non-hydrogen) atoms. The molecular weight excluding hydrogens is 889 g/mol. The summed E-state index contributed by atoms with van der Waals surface area (Å²) >= 11 is 0. The van der Waals surface area contributed by atoms with Crippen molar-refractivity contribution >= 4 is 48.1 Å². The van der Waals surface area contributed by atoms with Gasteiger partial charge in [0.15, 0.2) is 0 Å². The van der Waals surface area contributed by atoms with Gasteiger partial charge in [0.1, 0.15) is 43.5 Å². The number of rotatable bonds is 23. The summed E-state index contributed by atoms with van der Waals surface area (Å²) in [7, 11) is 0. The molecule has 3 atom stereocenters. The Hall–Kier alpha value is -7.96. The second-order valence-electron chi connectivity index (χ2n) is 16.7. The van der Waals surface area contributed by atoms with Crippen molar-refractivity contribution in [1.82, 2.24) is 31.9 Å². The number of hydrogen-bond acceptors (Lipinski definition) is 11. The first-order chi connectivity index (χ1) is 33.1. The van der Waals surface area contributed by atoms with Gasteiger partial charge in [0.05, 0.1) is 0 Å². The third kappa shape index (κ3) is 22.4. The number of amides is 7. The van der Waals surface area contributed by atoms with Gasteiger partial charge < -0.3 is 51.3 Å². The van der Waals surface area contributed by atoms with E-state index in [2.05, 4.69) is 36.9 Å². The molecule has 368 valence electrons. The first-order valence-corrected chi connectivity index (χ1v) is 22.5. The van der Waals surface area contributed by atoms with Gasteiger partial charge in [0.25, 0.3) is 0 Å². The SMILES string of the molecule is CC(C)(C)OC(=O)N[C@H](CCCN/C(=N\C(=O)OCc1ccccc1)NC(=O)OCc1ccccc1)C(=O)N[C@@H](Cc1ccccc1)C(=O)N[C@@H](CCCCNC(=O)OCc1ccccc1)C(N)=O. The molecule has 0 fully saturated rings. The molecule has 0 aromatic heterocycles. The summed E-state index contributed by atoms with van der Waals surface area (Å²) in [6.07, 6.45) is -2.36. The van der Waals surface area contributed by atoms with Crippen LogP contribution in [0.2, 0.25) is 0 Å². The van der Waals surface area contributed by atoms with Crippen molar-refractivity contribution in [2.45, 2.75) is 103 Å². The quantitative estimate of drug-likeness (QED) is 0.0206. The molecule has 19 nitrogen and oxygen atoms in total. The van der Waals surface area contributed by atoms with Crippen LogP contribution in [0.25, 0.3) is 0 Å². The fourth-order valence-electron chi connectivity index (χ4n) is 6.37. The van der Waals surface area contributed by atoms with Crippen molar-refractivity contribution in [1.29, 1.82) is 0 Å². The summed E-state index contributed by atoms with van der Waals surface area (Å²) in [6.45, 7) is 5.17. The van der Waals surface area contributed by atoms with Gasteiger partial charge in [-0.3, -0.25) is 19.7 Å². The van der Waals surface area contributed by atoms with Gasteiger partial charge in [-0.2, -0.15) is 0 Å². The Kier molecular flexibility index (Phi) is 22.5. The molecule has 0 unspecified atom stereocenters. The Morgan fingerprint density at radius 2 is 0.986 bits per heavy atom. The summed E-state index contributed by atoms with van der Waals surface area (Å²) in [5.74, 6) is -2.56. The Labute approximate surface area is 401 Å². The van der Waals surface area contributed by atoms with Crippen LogP contribution in [0.3, 0.4) is 0 Å². The number of nitrogens with one attached hydrogen (secondary N) is 6. The lowest BCUT2D eigenvalue weighted by atomic mass is 10.0. The minimum absolute atomic E-state index is 0.00214. The zero-order chi connectivity index (χ0) is 49.9. The number of unbranched alkanes of at least 4 members (excludes halogenated alkanes) is 1. The van der Waals surface area contributed by atoms with Crippen LogP contribution < -0.4 is 37.6 Å². The number of carbonyl (C=O) groups excluding carboxylic acids is 7. The highest BCUT2D eigenvalue weighted by Crippen LogP contribution is 2.11. The standard InChI is InChI=1S/C50H62N8O11/c1-50(2,3)69-49(65)56-40(28-18-30-52-45(57-47(63)67-33-37-23-12-6-13-24-37)58-48(64)68-34-38-25-14-7-15-26-38)43(60)55-41(31-35-19-8-4-9-20-35)44(61)54-39(42(51)59)27-16-17-29-53-46(62)66-32-36-21-10-5-11-22-36/h4-15,19-26,39-41H,16-18,27-34H2,1-3H3,(H2,51,59)(H,53,62)(H,54,61)(H,55,60)(H,56,65)(H2,52,57,58,63,64)/t39-,40+,41-/m0/s1. The molecule has 0 heterocycles. The van der Waals surface area contributed by atoms with Crippen LogP contribution in [0, 0.1) is 0 Å². The van der Waals surface area contributed by atoms with E-state index < -0.39 is 65.8 Å². The van der Waals surface area contributed by atoms with Gasteiger partial charge in [-0.05, 0) is 75.1 Å². The van der Waals surface area contributed by atoms with Gasteiger partial charge >= 0.3 is 24.4 Å². The van der Waals surface area contributed by atoms with Crippen LogP contribution in [-0.4, -0.2) is 84.9 Å². The highest BCUT2D eigenvalue weighted by Gasteiger charge is 2.30. The predicted octanol–water partition coefficient (Wildman–Crippen LogP) is 5.66. The van der Waals surface area contributed by atoms with E-state index in [1.54, 1.807) is 99.6 Å². The zero-order valence-corrected chi connectivity index (χ0v) is 39.1. The number of ether oxygens (including phenoxy) is 4. The van der Waals surface area contributed by atoms with E-state index in [1.165, 1.54) is 0 Å². The molecule has 0 radical (unpaired) electrons. The van der Waals surface area contributed by atoms with E-state index in [4.69, 9.17) is 24.7 Å². The highest BCUT2D eigenvalue weighted by molar-refractivity contribution is 5.99. The monoisotopic (exact) mass is 950 g/mol. The topological polar surface area (TPSA) is 267 Å². The summed E-state index contributed by atoms with van der Waals surface area (Å²) < 4.78 is 21.3. The van der Waals surface area contributed by atoms with Crippen molar-refractivity contribution in [3.8, 4) is 0 Å². The summed E-state index contributed by atoms with van der Waals surface area (Å²) in [4.78, 5) is 95.3. The summed E-state index contributed by atoms with van der Waals surface area (Å²) in [5, 5.41) is 15.9. The molecule has 4 rings (SSSR count). The van der Waals surface area contributed by atoms with Gasteiger partial charge in [-0.1, -0.05) is 121 Å². The lowest BCUT2D eigenvalue weighted by Gasteiger charge is -2.26. The van der Waals surface area contributed by atoms with Gasteiger partial charge in [0.2, 0.25) is 23.7 Å². The maximum Gasteiger partial charge on any atom is 0.437 e. The Balaban J connectivity index is 1.41. The molecule has 0 saturated heterocycles. The van der Waals surface area contributed by atoms with Crippen molar-refractivity contribution in [2.24, 2.45) is 10.7 Å². The van der Waals surface area contributed by atoms with Crippen molar-refractivity contribution < 1.29 is 52.5 Å². The van der Waals surface area contributed by atoms with Crippen LogP contribution in [0.15, 0.2) is 126 Å². The lowest BCUT2D eigenvalue weighted by Crippen LogP contribution is -2.57. The second kappa shape index (κ2) is 28.9. The molecule has 0 aliphatic carbocycles. The number of hydrogen-bond donors (Lipinski definition) is 7. The van der Waals surface area contributed by atoms with Gasteiger partial charge in [-0.25, -0.2) is 19.2 Å². The first kappa shape index (κ1) is 53.7. The molecule has 8 N–H and O–H groups in total. The second-order valence-corrected chi connectivity index (χ2v) is 16.7. The number of nitrogens with two attached hydrogens (primary N) is 1. The molecule has 0 spiro atoms. The summed E-state index contributed by atoms with van der Waals surface area (Å²) in [5.41, 5.74) is 7.74. The molecule has 0 aliphatic rings. The van der Waals surface area contributed by atoms with Crippen LogP contribution >= 0.6 is 0 Å². The van der Waals surface area contributed by atoms with E-state index in [-0.39, 0.29) is 64.6 Å².